The fraction of sp³-hybridized carbons (Fsp3) is 0.350. The first kappa shape index (κ1) is 17.1. The summed E-state index contributed by atoms with van der Waals surface area (Å²) < 4.78 is 0. The minimum atomic E-state index is -0.321. The van der Waals surface area contributed by atoms with Gasteiger partial charge in [0.25, 0.3) is 11.8 Å². The van der Waals surface area contributed by atoms with Gasteiger partial charge < -0.3 is 10.6 Å². The van der Waals surface area contributed by atoms with Gasteiger partial charge in [-0.25, -0.2) is 4.98 Å². The Kier molecular flexibility index (Phi) is 5.43. The second kappa shape index (κ2) is 7.92. The number of benzene rings is 1. The van der Waals surface area contributed by atoms with Crippen molar-refractivity contribution in [2.45, 2.75) is 45.1 Å². The Bertz CT molecular complexity index is 767. The zero-order valence-corrected chi connectivity index (χ0v) is 14.4. The molecule has 25 heavy (non-hydrogen) atoms. The summed E-state index contributed by atoms with van der Waals surface area (Å²) in [6.45, 7) is 1.96. The van der Waals surface area contributed by atoms with E-state index < -0.39 is 0 Å². The predicted molar refractivity (Wildman–Crippen MR) is 97.7 cm³/mol. The van der Waals surface area contributed by atoms with Crippen molar-refractivity contribution in [2.75, 3.05) is 5.32 Å². The van der Waals surface area contributed by atoms with E-state index in [1.807, 2.05) is 31.2 Å². The third-order valence-electron chi connectivity index (χ3n) is 4.43. The number of amides is 2. The Labute approximate surface area is 147 Å². The van der Waals surface area contributed by atoms with Crippen LogP contribution >= 0.6 is 0 Å². The molecular formula is C20H23N3O2. The Morgan fingerprint density at radius 3 is 2.36 bits per heavy atom. The summed E-state index contributed by atoms with van der Waals surface area (Å²) in [5.41, 5.74) is 2.29. The summed E-state index contributed by atoms with van der Waals surface area (Å²) in [6, 6.07) is 12.7. The highest BCUT2D eigenvalue weighted by Crippen LogP contribution is 2.18. The van der Waals surface area contributed by atoms with Crippen LogP contribution < -0.4 is 10.6 Å². The molecule has 0 bridgehead atoms. The summed E-state index contributed by atoms with van der Waals surface area (Å²) in [5, 5.41) is 5.84. The van der Waals surface area contributed by atoms with E-state index >= 15 is 0 Å². The molecule has 1 fully saturated rings. The summed E-state index contributed by atoms with van der Waals surface area (Å²) in [6.07, 6.45) is 5.56. The number of aromatic nitrogens is 1. The lowest BCUT2D eigenvalue weighted by molar-refractivity contribution is 0.0922. The van der Waals surface area contributed by atoms with Crippen molar-refractivity contribution in [3.63, 3.8) is 0 Å². The molecule has 0 spiro atoms. The van der Waals surface area contributed by atoms with Crippen LogP contribution in [0.15, 0.2) is 42.5 Å². The lowest BCUT2D eigenvalue weighted by Crippen LogP contribution is -2.36. The number of carbonyl (C=O) groups excluding carboxylic acids is 2. The first-order valence-electron chi connectivity index (χ1n) is 8.78. The molecule has 1 aliphatic carbocycles. The fourth-order valence-electron chi connectivity index (χ4n) is 3.11. The molecule has 0 atom stereocenters. The van der Waals surface area contributed by atoms with E-state index in [1.54, 1.807) is 18.2 Å². The van der Waals surface area contributed by atoms with Crippen LogP contribution in [-0.2, 0) is 0 Å². The van der Waals surface area contributed by atoms with Gasteiger partial charge in [0.2, 0.25) is 0 Å². The highest BCUT2D eigenvalue weighted by atomic mass is 16.2. The number of nitrogens with zero attached hydrogens (tertiary/aromatic N) is 1. The van der Waals surface area contributed by atoms with E-state index in [-0.39, 0.29) is 29.2 Å². The normalized spacial score (nSPS) is 14.8. The molecule has 1 aromatic carbocycles. The van der Waals surface area contributed by atoms with Crippen LogP contribution in [0.5, 0.6) is 0 Å². The quantitative estimate of drug-likeness (QED) is 0.893. The van der Waals surface area contributed by atoms with Crippen LogP contribution in [0.3, 0.4) is 0 Å². The van der Waals surface area contributed by atoms with Crippen LogP contribution in [0, 0.1) is 6.92 Å². The van der Waals surface area contributed by atoms with E-state index in [9.17, 15) is 9.59 Å². The molecule has 5 nitrogen and oxygen atoms in total. The highest BCUT2D eigenvalue weighted by Gasteiger charge is 2.18. The van der Waals surface area contributed by atoms with Crippen molar-refractivity contribution in [2.24, 2.45) is 0 Å². The summed E-state index contributed by atoms with van der Waals surface area (Å²) in [7, 11) is 0. The SMILES string of the molecule is Cc1cccc(NC(=O)c2cccc(C(=O)NC3CCCCC3)n2)c1. The molecule has 1 saturated carbocycles. The molecular weight excluding hydrogens is 314 g/mol. The van der Waals surface area contributed by atoms with Crippen molar-refractivity contribution in [3.05, 3.63) is 59.4 Å². The van der Waals surface area contributed by atoms with E-state index in [4.69, 9.17) is 0 Å². The maximum absolute atomic E-state index is 12.4. The van der Waals surface area contributed by atoms with E-state index in [2.05, 4.69) is 15.6 Å². The standard InChI is InChI=1S/C20H23N3O2/c1-14-7-5-10-16(13-14)22-20(25)18-12-6-11-17(23-18)19(24)21-15-8-3-2-4-9-15/h5-7,10-13,15H,2-4,8-9H2,1H3,(H,21,24)(H,22,25). The van der Waals surface area contributed by atoms with Gasteiger partial charge in [-0.05, 0) is 49.6 Å². The third-order valence-corrected chi connectivity index (χ3v) is 4.43. The average Bonchev–Trinajstić information content (AvgIpc) is 2.62. The molecule has 0 saturated heterocycles. The first-order valence-corrected chi connectivity index (χ1v) is 8.78. The van der Waals surface area contributed by atoms with E-state index in [1.165, 1.54) is 6.42 Å². The molecule has 3 rings (SSSR count). The van der Waals surface area contributed by atoms with Crippen LogP contribution in [0.1, 0.15) is 58.6 Å². The number of aryl methyl sites for hydroxylation is 1. The Morgan fingerprint density at radius 2 is 1.64 bits per heavy atom. The van der Waals surface area contributed by atoms with Gasteiger partial charge in [0.15, 0.2) is 0 Å². The number of carbonyl (C=O) groups is 2. The molecule has 1 aromatic heterocycles. The van der Waals surface area contributed by atoms with Crippen molar-refractivity contribution < 1.29 is 9.59 Å². The minimum absolute atomic E-state index is 0.211. The second-order valence-corrected chi connectivity index (χ2v) is 6.54. The van der Waals surface area contributed by atoms with E-state index in [0.29, 0.717) is 5.69 Å². The number of rotatable bonds is 4. The molecule has 2 aromatic rings. The monoisotopic (exact) mass is 337 g/mol. The fourth-order valence-corrected chi connectivity index (χ4v) is 3.11. The smallest absolute Gasteiger partial charge is 0.274 e. The summed E-state index contributed by atoms with van der Waals surface area (Å²) >= 11 is 0. The van der Waals surface area contributed by atoms with Crippen molar-refractivity contribution >= 4 is 17.5 Å². The largest absolute Gasteiger partial charge is 0.348 e. The van der Waals surface area contributed by atoms with Gasteiger partial charge in [-0.1, -0.05) is 37.5 Å². The predicted octanol–water partition coefficient (Wildman–Crippen LogP) is 3.70. The molecule has 130 valence electrons. The molecule has 5 heteroatoms. The molecule has 1 heterocycles. The van der Waals surface area contributed by atoms with Gasteiger partial charge in [0.1, 0.15) is 11.4 Å². The van der Waals surface area contributed by atoms with E-state index in [0.717, 1.165) is 31.2 Å². The van der Waals surface area contributed by atoms with Crippen LogP contribution in [-0.4, -0.2) is 22.8 Å². The van der Waals surface area contributed by atoms with Gasteiger partial charge in [0, 0.05) is 11.7 Å². The van der Waals surface area contributed by atoms with Crippen molar-refractivity contribution in [1.29, 1.82) is 0 Å². The average molecular weight is 337 g/mol. The lowest BCUT2D eigenvalue weighted by Gasteiger charge is -2.22. The molecule has 1 aliphatic rings. The second-order valence-electron chi connectivity index (χ2n) is 6.54. The Balaban J connectivity index is 1.67. The maximum Gasteiger partial charge on any atom is 0.274 e. The van der Waals surface area contributed by atoms with Crippen molar-refractivity contribution in [3.8, 4) is 0 Å². The maximum atomic E-state index is 12.4. The zero-order valence-electron chi connectivity index (χ0n) is 14.4. The van der Waals surface area contributed by atoms with Gasteiger partial charge in [0.05, 0.1) is 0 Å². The van der Waals surface area contributed by atoms with Crippen LogP contribution in [0.25, 0.3) is 0 Å². The van der Waals surface area contributed by atoms with Crippen LogP contribution in [0.4, 0.5) is 5.69 Å². The van der Waals surface area contributed by atoms with Gasteiger partial charge in [-0.3, -0.25) is 9.59 Å². The van der Waals surface area contributed by atoms with Gasteiger partial charge in [-0.2, -0.15) is 0 Å². The zero-order chi connectivity index (χ0) is 17.6. The van der Waals surface area contributed by atoms with Crippen molar-refractivity contribution in [1.82, 2.24) is 10.3 Å². The summed E-state index contributed by atoms with van der Waals surface area (Å²) in [4.78, 5) is 29.0. The van der Waals surface area contributed by atoms with Crippen LogP contribution in [0.2, 0.25) is 0 Å². The lowest BCUT2D eigenvalue weighted by atomic mass is 9.95. The summed E-state index contributed by atoms with van der Waals surface area (Å²) in [5.74, 6) is -0.532. The molecule has 2 amide bonds. The highest BCUT2D eigenvalue weighted by molar-refractivity contribution is 6.03. The topological polar surface area (TPSA) is 71.1 Å². The third kappa shape index (κ3) is 4.66. The number of pyridine rings is 1. The number of hydrogen-bond donors (Lipinski definition) is 2. The van der Waals surface area contributed by atoms with Gasteiger partial charge in [-0.15, -0.1) is 0 Å². The number of anilines is 1. The van der Waals surface area contributed by atoms with Gasteiger partial charge >= 0.3 is 0 Å². The molecule has 0 aliphatic heterocycles. The number of nitrogens with one attached hydrogen (secondary N) is 2. The number of hydrogen-bond acceptors (Lipinski definition) is 3. The Morgan fingerprint density at radius 1 is 0.960 bits per heavy atom. The Hall–Kier alpha value is -2.69. The molecule has 0 unspecified atom stereocenters. The molecule has 0 radical (unpaired) electrons. The first-order chi connectivity index (χ1) is 12.1. The minimum Gasteiger partial charge on any atom is -0.348 e. The molecule has 2 N–H and O–H groups in total.